The van der Waals surface area contributed by atoms with Gasteiger partial charge in [-0.15, -0.1) is 0 Å². The molecule has 0 aliphatic rings. The molecule has 0 aliphatic heterocycles. The van der Waals surface area contributed by atoms with E-state index < -0.39 is 5.91 Å². The summed E-state index contributed by atoms with van der Waals surface area (Å²) >= 11 is 0. The number of carbonyl (C=O) groups excluding carboxylic acids is 1. The van der Waals surface area contributed by atoms with Crippen molar-refractivity contribution in [1.82, 2.24) is 15.5 Å². The van der Waals surface area contributed by atoms with Crippen LogP contribution in [0, 0.1) is 5.82 Å². The van der Waals surface area contributed by atoms with Crippen LogP contribution in [0.1, 0.15) is 16.2 Å². The maximum absolute atomic E-state index is 13.1. The number of ether oxygens (including phenoxy) is 2. The average molecular weight is 357 g/mol. The monoisotopic (exact) mass is 357 g/mol. The maximum Gasteiger partial charge on any atom is 0.316 e. The van der Waals surface area contributed by atoms with Gasteiger partial charge in [0.1, 0.15) is 5.82 Å². The summed E-state index contributed by atoms with van der Waals surface area (Å²) in [5.41, 5.74) is 1.23. The van der Waals surface area contributed by atoms with Crippen LogP contribution in [-0.4, -0.2) is 30.3 Å². The Balaban J connectivity index is 1.72. The van der Waals surface area contributed by atoms with Crippen LogP contribution >= 0.6 is 0 Å². The molecule has 0 bridgehead atoms. The average Bonchev–Trinajstić information content (AvgIpc) is 3.16. The van der Waals surface area contributed by atoms with E-state index in [0.29, 0.717) is 22.6 Å². The summed E-state index contributed by atoms with van der Waals surface area (Å²) in [6.07, 6.45) is 0. The van der Waals surface area contributed by atoms with Gasteiger partial charge in [-0.25, -0.2) is 4.39 Å². The molecule has 0 fully saturated rings. The summed E-state index contributed by atoms with van der Waals surface area (Å²) in [5, 5.41) is 6.41. The van der Waals surface area contributed by atoms with Crippen molar-refractivity contribution in [2.24, 2.45) is 0 Å². The highest BCUT2D eigenvalue weighted by molar-refractivity contribution is 5.89. The highest BCUT2D eigenvalue weighted by Gasteiger charge is 2.17. The Morgan fingerprint density at radius 3 is 2.69 bits per heavy atom. The van der Waals surface area contributed by atoms with Gasteiger partial charge in [-0.3, -0.25) is 4.79 Å². The normalized spacial score (nSPS) is 10.4. The topological polar surface area (TPSA) is 86.5 Å². The molecular weight excluding hydrogens is 341 g/mol. The quantitative estimate of drug-likeness (QED) is 0.730. The molecule has 1 N–H and O–H groups in total. The van der Waals surface area contributed by atoms with Gasteiger partial charge < -0.3 is 19.3 Å². The number of amides is 1. The molecule has 134 valence electrons. The summed E-state index contributed by atoms with van der Waals surface area (Å²) in [6.45, 7) is 0.144. The highest BCUT2D eigenvalue weighted by Crippen LogP contribution is 2.31. The Morgan fingerprint density at radius 2 is 1.96 bits per heavy atom. The Labute approximate surface area is 148 Å². The zero-order valence-corrected chi connectivity index (χ0v) is 14.2. The van der Waals surface area contributed by atoms with Gasteiger partial charge >= 0.3 is 11.8 Å². The van der Waals surface area contributed by atoms with E-state index in [1.165, 1.54) is 26.4 Å². The first kappa shape index (κ1) is 17.4. The minimum absolute atomic E-state index is 0.144. The van der Waals surface area contributed by atoms with Crippen LogP contribution in [0.3, 0.4) is 0 Å². The van der Waals surface area contributed by atoms with Gasteiger partial charge in [-0.1, -0.05) is 17.3 Å². The first-order chi connectivity index (χ1) is 12.6. The number of carbonyl (C=O) groups is 1. The van der Waals surface area contributed by atoms with Gasteiger partial charge in [0.05, 0.1) is 14.2 Å². The maximum atomic E-state index is 13.1. The lowest BCUT2D eigenvalue weighted by atomic mass is 10.2. The fraction of sp³-hybridized carbons (Fsp3) is 0.167. The number of rotatable bonds is 6. The van der Waals surface area contributed by atoms with Gasteiger partial charge in [-0.2, -0.15) is 4.98 Å². The summed E-state index contributed by atoms with van der Waals surface area (Å²) in [5.74, 6) is 0.200. The standard InChI is InChI=1S/C18H16FN3O4/c1-24-14-7-6-12(9-15(14)25-2)16-21-18(26-22-16)17(23)20-10-11-4-3-5-13(19)8-11/h3-9H,10H2,1-2H3,(H,20,23). The highest BCUT2D eigenvalue weighted by atomic mass is 19.1. The molecule has 26 heavy (non-hydrogen) atoms. The third-order valence-electron chi connectivity index (χ3n) is 3.60. The van der Waals surface area contributed by atoms with Crippen molar-refractivity contribution in [1.29, 1.82) is 0 Å². The van der Waals surface area contributed by atoms with Crippen LogP contribution in [0.5, 0.6) is 11.5 Å². The fourth-order valence-corrected chi connectivity index (χ4v) is 2.31. The minimum atomic E-state index is -0.548. The minimum Gasteiger partial charge on any atom is -0.493 e. The first-order valence-electron chi connectivity index (χ1n) is 7.69. The molecule has 3 aromatic rings. The van der Waals surface area contributed by atoms with Crippen molar-refractivity contribution in [3.63, 3.8) is 0 Å². The summed E-state index contributed by atoms with van der Waals surface area (Å²) < 4.78 is 28.6. The summed E-state index contributed by atoms with van der Waals surface area (Å²) in [7, 11) is 3.05. The van der Waals surface area contributed by atoms with Crippen molar-refractivity contribution in [2.45, 2.75) is 6.54 Å². The van der Waals surface area contributed by atoms with E-state index in [1.54, 1.807) is 30.3 Å². The van der Waals surface area contributed by atoms with E-state index >= 15 is 0 Å². The number of hydrogen-bond acceptors (Lipinski definition) is 6. The molecule has 3 rings (SSSR count). The predicted molar refractivity (Wildman–Crippen MR) is 90.4 cm³/mol. The lowest BCUT2D eigenvalue weighted by molar-refractivity contribution is 0.0907. The Bertz CT molecular complexity index is 926. The van der Waals surface area contributed by atoms with Gasteiger partial charge in [0.15, 0.2) is 11.5 Å². The zero-order chi connectivity index (χ0) is 18.5. The molecule has 0 spiro atoms. The molecule has 8 heteroatoms. The summed E-state index contributed by atoms with van der Waals surface area (Å²) in [4.78, 5) is 16.2. The number of methoxy groups -OCH3 is 2. The zero-order valence-electron chi connectivity index (χ0n) is 14.2. The molecule has 1 heterocycles. The molecule has 0 atom stereocenters. The van der Waals surface area contributed by atoms with Crippen LogP contribution in [-0.2, 0) is 6.54 Å². The van der Waals surface area contributed by atoms with Crippen LogP contribution in [0.2, 0.25) is 0 Å². The van der Waals surface area contributed by atoms with Gasteiger partial charge in [0.2, 0.25) is 5.82 Å². The Hall–Kier alpha value is -3.42. The molecular formula is C18H16FN3O4. The van der Waals surface area contributed by atoms with Crippen molar-refractivity contribution >= 4 is 5.91 Å². The second-order valence-electron chi connectivity index (χ2n) is 5.31. The number of nitrogens with one attached hydrogen (secondary N) is 1. The second kappa shape index (κ2) is 7.64. The molecule has 0 radical (unpaired) electrons. The first-order valence-corrected chi connectivity index (χ1v) is 7.69. The van der Waals surface area contributed by atoms with E-state index in [-0.39, 0.29) is 24.1 Å². The second-order valence-corrected chi connectivity index (χ2v) is 5.31. The summed E-state index contributed by atoms with van der Waals surface area (Å²) in [6, 6.07) is 11.0. The SMILES string of the molecule is COc1ccc(-c2noc(C(=O)NCc3cccc(F)c3)n2)cc1OC. The van der Waals surface area contributed by atoms with Crippen LogP contribution in [0.4, 0.5) is 4.39 Å². The largest absolute Gasteiger partial charge is 0.493 e. The van der Waals surface area contributed by atoms with Gasteiger partial charge in [-0.05, 0) is 35.9 Å². The Kier molecular flexibility index (Phi) is 5.12. The Morgan fingerprint density at radius 1 is 1.15 bits per heavy atom. The number of hydrogen-bond donors (Lipinski definition) is 1. The molecule has 7 nitrogen and oxygen atoms in total. The molecule has 0 aliphatic carbocycles. The molecule has 0 saturated heterocycles. The number of nitrogens with zero attached hydrogens (tertiary/aromatic N) is 2. The van der Waals surface area contributed by atoms with E-state index in [0.717, 1.165) is 0 Å². The lowest BCUT2D eigenvalue weighted by Crippen LogP contribution is -2.23. The molecule has 0 saturated carbocycles. The molecule has 2 aromatic carbocycles. The van der Waals surface area contributed by atoms with Crippen molar-refractivity contribution in [2.75, 3.05) is 14.2 Å². The molecule has 0 unspecified atom stereocenters. The van der Waals surface area contributed by atoms with Crippen LogP contribution < -0.4 is 14.8 Å². The van der Waals surface area contributed by atoms with Gasteiger partial charge in [0, 0.05) is 12.1 Å². The van der Waals surface area contributed by atoms with Gasteiger partial charge in [0.25, 0.3) is 0 Å². The molecule has 1 amide bonds. The number of benzene rings is 2. The smallest absolute Gasteiger partial charge is 0.316 e. The van der Waals surface area contributed by atoms with Crippen LogP contribution in [0.25, 0.3) is 11.4 Å². The number of aromatic nitrogens is 2. The third-order valence-corrected chi connectivity index (χ3v) is 3.60. The third kappa shape index (κ3) is 3.80. The van der Waals surface area contributed by atoms with E-state index in [9.17, 15) is 9.18 Å². The molecule has 1 aromatic heterocycles. The van der Waals surface area contributed by atoms with Crippen LogP contribution in [0.15, 0.2) is 47.0 Å². The van der Waals surface area contributed by atoms with Crippen molar-refractivity contribution in [3.8, 4) is 22.9 Å². The van der Waals surface area contributed by atoms with Crippen molar-refractivity contribution < 1.29 is 23.2 Å². The van der Waals surface area contributed by atoms with E-state index in [4.69, 9.17) is 14.0 Å². The fourth-order valence-electron chi connectivity index (χ4n) is 2.31. The van der Waals surface area contributed by atoms with E-state index in [1.807, 2.05) is 0 Å². The van der Waals surface area contributed by atoms with E-state index in [2.05, 4.69) is 15.5 Å². The lowest BCUT2D eigenvalue weighted by Gasteiger charge is -2.07. The van der Waals surface area contributed by atoms with Crippen molar-refractivity contribution in [3.05, 3.63) is 59.7 Å². The number of halogens is 1. The predicted octanol–water partition coefficient (Wildman–Crippen LogP) is 2.82.